The predicted molar refractivity (Wildman–Crippen MR) is 114 cm³/mol. The summed E-state index contributed by atoms with van der Waals surface area (Å²) < 4.78 is 13.6. The lowest BCUT2D eigenvalue weighted by Gasteiger charge is -2.57. The summed E-state index contributed by atoms with van der Waals surface area (Å²) in [6.45, 7) is 2.72. The van der Waals surface area contributed by atoms with E-state index in [2.05, 4.69) is 21.9 Å². The number of nitrogens with zero attached hydrogens (tertiary/aromatic N) is 2. The molecule has 1 saturated carbocycles. The monoisotopic (exact) mass is 408 g/mol. The number of hydrogen-bond acceptors (Lipinski definition) is 3. The molecule has 3 atom stereocenters. The van der Waals surface area contributed by atoms with Crippen molar-refractivity contribution in [2.75, 3.05) is 26.2 Å². The standard InChI is InChI=1S/C25H29FN2O2/c26-21-5-3-4-20(14-21)17-6-8-18(9-7-17)24-22-15-27(25(30)19-10-11-19)12-1-2-13-28(22)23(24)16-29/h3-9,14,19,22-24,29H,1-2,10-13,15-16H2/t22-,23-,24-/m0/s1. The van der Waals surface area contributed by atoms with Gasteiger partial charge >= 0.3 is 0 Å². The number of benzene rings is 2. The summed E-state index contributed by atoms with van der Waals surface area (Å²) in [5.74, 6) is 0.547. The summed E-state index contributed by atoms with van der Waals surface area (Å²) in [6.07, 6.45) is 4.17. The molecule has 5 heteroatoms. The minimum atomic E-state index is -0.235. The van der Waals surface area contributed by atoms with Crippen LogP contribution in [0.5, 0.6) is 0 Å². The summed E-state index contributed by atoms with van der Waals surface area (Å²) >= 11 is 0. The molecule has 158 valence electrons. The maximum absolute atomic E-state index is 13.6. The van der Waals surface area contributed by atoms with Gasteiger partial charge in [-0.1, -0.05) is 36.4 Å². The summed E-state index contributed by atoms with van der Waals surface area (Å²) in [5, 5.41) is 10.1. The van der Waals surface area contributed by atoms with Crippen molar-refractivity contribution in [3.8, 4) is 11.1 Å². The Hall–Kier alpha value is -2.24. The minimum absolute atomic E-state index is 0.103. The lowest BCUT2D eigenvalue weighted by molar-refractivity contribution is -0.137. The third kappa shape index (κ3) is 3.65. The Morgan fingerprint density at radius 1 is 1.03 bits per heavy atom. The third-order valence-electron chi connectivity index (χ3n) is 7.06. The number of amides is 1. The Labute approximate surface area is 177 Å². The van der Waals surface area contributed by atoms with Gasteiger partial charge in [-0.2, -0.15) is 0 Å². The number of carbonyl (C=O) groups excluding carboxylic acids is 1. The first-order valence-electron chi connectivity index (χ1n) is 11.2. The first-order valence-corrected chi connectivity index (χ1v) is 11.2. The molecule has 0 bridgehead atoms. The van der Waals surface area contributed by atoms with Crippen LogP contribution in [0.15, 0.2) is 48.5 Å². The van der Waals surface area contributed by atoms with Gasteiger partial charge in [0.2, 0.25) is 5.91 Å². The van der Waals surface area contributed by atoms with Gasteiger partial charge in [0.1, 0.15) is 5.82 Å². The molecule has 2 heterocycles. The van der Waals surface area contributed by atoms with Crippen LogP contribution in [0.25, 0.3) is 11.1 Å². The smallest absolute Gasteiger partial charge is 0.225 e. The number of aliphatic hydroxyl groups excluding tert-OH is 1. The summed E-state index contributed by atoms with van der Waals surface area (Å²) in [4.78, 5) is 17.2. The van der Waals surface area contributed by atoms with Crippen LogP contribution in [0, 0.1) is 11.7 Å². The van der Waals surface area contributed by atoms with Crippen molar-refractivity contribution in [3.05, 3.63) is 59.9 Å². The maximum atomic E-state index is 13.6. The topological polar surface area (TPSA) is 43.8 Å². The van der Waals surface area contributed by atoms with Crippen molar-refractivity contribution < 1.29 is 14.3 Å². The predicted octanol–water partition coefficient (Wildman–Crippen LogP) is 3.65. The van der Waals surface area contributed by atoms with Crippen molar-refractivity contribution in [3.63, 3.8) is 0 Å². The Morgan fingerprint density at radius 3 is 2.50 bits per heavy atom. The van der Waals surface area contributed by atoms with Crippen LogP contribution < -0.4 is 0 Å². The molecule has 0 radical (unpaired) electrons. The number of rotatable bonds is 4. The zero-order chi connectivity index (χ0) is 20.7. The van der Waals surface area contributed by atoms with Gasteiger partial charge in [-0.25, -0.2) is 4.39 Å². The number of fused-ring (bicyclic) bond motifs is 1. The molecule has 3 aliphatic rings. The lowest BCUT2D eigenvalue weighted by atomic mass is 9.74. The van der Waals surface area contributed by atoms with E-state index in [1.807, 2.05) is 18.2 Å². The molecule has 1 amide bonds. The largest absolute Gasteiger partial charge is 0.395 e. The fourth-order valence-corrected chi connectivity index (χ4v) is 5.29. The van der Waals surface area contributed by atoms with Crippen molar-refractivity contribution in [1.29, 1.82) is 0 Å². The minimum Gasteiger partial charge on any atom is -0.395 e. The highest BCUT2D eigenvalue weighted by Gasteiger charge is 2.50. The van der Waals surface area contributed by atoms with Gasteiger partial charge in [0, 0.05) is 37.0 Å². The van der Waals surface area contributed by atoms with E-state index < -0.39 is 0 Å². The van der Waals surface area contributed by atoms with Crippen LogP contribution >= 0.6 is 0 Å². The Morgan fingerprint density at radius 2 is 1.80 bits per heavy atom. The van der Waals surface area contributed by atoms with E-state index in [1.165, 1.54) is 11.6 Å². The van der Waals surface area contributed by atoms with E-state index in [1.54, 1.807) is 12.1 Å². The van der Waals surface area contributed by atoms with Crippen LogP contribution in [0.1, 0.15) is 37.2 Å². The fourth-order valence-electron chi connectivity index (χ4n) is 5.29. The van der Waals surface area contributed by atoms with Gasteiger partial charge in [0.15, 0.2) is 0 Å². The molecule has 1 N–H and O–H groups in total. The summed E-state index contributed by atoms with van der Waals surface area (Å²) in [7, 11) is 0. The highest BCUT2D eigenvalue weighted by Crippen LogP contribution is 2.43. The summed E-state index contributed by atoms with van der Waals surface area (Å²) in [5.41, 5.74) is 3.04. The molecule has 2 aliphatic heterocycles. The molecule has 1 aliphatic carbocycles. The number of aliphatic hydroxyl groups is 1. The second-order valence-electron chi connectivity index (χ2n) is 8.98. The molecule has 0 aromatic heterocycles. The number of hydrogen-bond donors (Lipinski definition) is 1. The molecule has 0 unspecified atom stereocenters. The van der Waals surface area contributed by atoms with Crippen molar-refractivity contribution >= 4 is 5.91 Å². The highest BCUT2D eigenvalue weighted by atomic mass is 19.1. The van der Waals surface area contributed by atoms with E-state index in [9.17, 15) is 14.3 Å². The molecule has 2 aromatic rings. The van der Waals surface area contributed by atoms with E-state index in [0.717, 1.165) is 56.4 Å². The molecule has 2 aromatic carbocycles. The van der Waals surface area contributed by atoms with Crippen LogP contribution in [-0.2, 0) is 4.79 Å². The van der Waals surface area contributed by atoms with Crippen molar-refractivity contribution in [1.82, 2.24) is 9.80 Å². The first-order chi connectivity index (χ1) is 14.7. The van der Waals surface area contributed by atoms with E-state index in [0.29, 0.717) is 5.91 Å². The van der Waals surface area contributed by atoms with Crippen molar-refractivity contribution in [2.24, 2.45) is 5.92 Å². The van der Waals surface area contributed by atoms with Crippen LogP contribution in [0.4, 0.5) is 4.39 Å². The Balaban J connectivity index is 1.38. The molecule has 0 spiro atoms. The highest BCUT2D eigenvalue weighted by molar-refractivity contribution is 5.81. The molecule has 30 heavy (non-hydrogen) atoms. The zero-order valence-electron chi connectivity index (χ0n) is 17.2. The average molecular weight is 409 g/mol. The number of carbonyl (C=O) groups is 1. The maximum Gasteiger partial charge on any atom is 0.225 e. The molecule has 2 saturated heterocycles. The van der Waals surface area contributed by atoms with Gasteiger partial charge in [0.25, 0.3) is 0 Å². The van der Waals surface area contributed by atoms with Gasteiger partial charge in [-0.15, -0.1) is 0 Å². The summed E-state index contributed by atoms with van der Waals surface area (Å²) in [6, 6.07) is 15.3. The molecule has 4 nitrogen and oxygen atoms in total. The lowest BCUT2D eigenvalue weighted by Crippen LogP contribution is -2.68. The van der Waals surface area contributed by atoms with Crippen LogP contribution in [0.3, 0.4) is 0 Å². The normalized spacial score (nSPS) is 27.0. The quantitative estimate of drug-likeness (QED) is 0.840. The zero-order valence-corrected chi connectivity index (χ0v) is 17.2. The van der Waals surface area contributed by atoms with E-state index in [-0.39, 0.29) is 36.3 Å². The second kappa shape index (κ2) is 8.12. The molecule has 3 fully saturated rings. The number of halogens is 1. The molecular formula is C25H29FN2O2. The SMILES string of the molecule is O=C(C1CC1)N1CCCCN2[C@@H](CO)[C@@H](c3ccc(-c4cccc(F)c4)cc3)[C@@H]2C1. The average Bonchev–Trinajstić information content (AvgIpc) is 3.58. The van der Waals surface area contributed by atoms with Crippen molar-refractivity contribution in [2.45, 2.75) is 43.7 Å². The molecule has 5 rings (SSSR count). The third-order valence-corrected chi connectivity index (χ3v) is 7.06. The second-order valence-corrected chi connectivity index (χ2v) is 8.98. The fraction of sp³-hybridized carbons (Fsp3) is 0.480. The van der Waals surface area contributed by atoms with Gasteiger partial charge < -0.3 is 10.0 Å². The van der Waals surface area contributed by atoms with E-state index >= 15 is 0 Å². The Bertz CT molecular complexity index is 912. The van der Waals surface area contributed by atoms with Gasteiger partial charge in [0.05, 0.1) is 6.61 Å². The Kier molecular flexibility index (Phi) is 5.34. The van der Waals surface area contributed by atoms with Crippen LogP contribution in [0.2, 0.25) is 0 Å². The van der Waals surface area contributed by atoms with E-state index in [4.69, 9.17) is 0 Å². The first kappa shape index (κ1) is 19.7. The van der Waals surface area contributed by atoms with Crippen LogP contribution in [-0.4, -0.2) is 59.1 Å². The molecular weight excluding hydrogens is 379 g/mol. The van der Waals surface area contributed by atoms with Gasteiger partial charge in [-0.3, -0.25) is 9.69 Å². The van der Waals surface area contributed by atoms with Gasteiger partial charge in [-0.05, 0) is 61.1 Å².